The van der Waals surface area contributed by atoms with Gasteiger partial charge in [0.1, 0.15) is 6.54 Å². The van der Waals surface area contributed by atoms with Crippen LogP contribution >= 0.6 is 0 Å². The van der Waals surface area contributed by atoms with Crippen LogP contribution in [0.4, 0.5) is 13.2 Å². The molecule has 0 bridgehead atoms. The van der Waals surface area contributed by atoms with Crippen molar-refractivity contribution in [3.8, 4) is 0 Å². The fourth-order valence-corrected chi connectivity index (χ4v) is 2.94. The second kappa shape index (κ2) is 9.59. The number of carboxylic acid groups (broad SMARTS) is 3. The zero-order valence-corrected chi connectivity index (χ0v) is 17.1. The third-order valence-corrected chi connectivity index (χ3v) is 4.69. The Kier molecular flexibility index (Phi) is 7.31. The molecule has 1 aliphatic carbocycles. The van der Waals surface area contributed by atoms with E-state index in [1.54, 1.807) is 6.07 Å². The summed E-state index contributed by atoms with van der Waals surface area (Å²) in [6.45, 7) is 0.0616. The molecule has 3 rings (SSSR count). The summed E-state index contributed by atoms with van der Waals surface area (Å²) >= 11 is 0. The Morgan fingerprint density at radius 1 is 1.09 bits per heavy atom. The number of hydrogen-bond acceptors (Lipinski definition) is 5. The van der Waals surface area contributed by atoms with Crippen LogP contribution in [-0.4, -0.2) is 50.6 Å². The number of fused-ring (bicyclic) bond motifs is 1. The molecule has 1 atom stereocenters. The number of carboxylic acids is 3. The first kappa shape index (κ1) is 25.2. The molecule has 1 unspecified atom stereocenters. The Balaban J connectivity index is 0.000000257. The van der Waals surface area contributed by atoms with Gasteiger partial charge in [-0.05, 0) is 19.4 Å². The van der Waals surface area contributed by atoms with Gasteiger partial charge in [0.25, 0.3) is 5.56 Å². The molecule has 9 nitrogen and oxygen atoms in total. The third kappa shape index (κ3) is 6.21. The van der Waals surface area contributed by atoms with Crippen molar-refractivity contribution in [2.45, 2.75) is 19.5 Å². The fourth-order valence-electron chi connectivity index (χ4n) is 2.94. The smallest absolute Gasteiger partial charge is 0.407 e. The SMILES string of the molecule is CC1(C(=O)O)C=CC=C(C(=O)O)C1.O=C(O)c1cn(NCC(F)(F)F)c(=O)c2ccccc12. The van der Waals surface area contributed by atoms with E-state index in [1.165, 1.54) is 43.4 Å². The predicted octanol–water partition coefficient (Wildman–Crippen LogP) is 2.85. The Hall–Kier alpha value is -4.09. The van der Waals surface area contributed by atoms with Crippen LogP contribution < -0.4 is 11.0 Å². The van der Waals surface area contributed by atoms with Gasteiger partial charge in [-0.15, -0.1) is 0 Å². The van der Waals surface area contributed by atoms with Gasteiger partial charge in [-0.3, -0.25) is 9.59 Å². The zero-order valence-electron chi connectivity index (χ0n) is 17.1. The van der Waals surface area contributed by atoms with Crippen molar-refractivity contribution in [3.63, 3.8) is 0 Å². The Morgan fingerprint density at radius 3 is 2.21 bits per heavy atom. The maximum atomic E-state index is 12.2. The first-order valence-corrected chi connectivity index (χ1v) is 9.28. The summed E-state index contributed by atoms with van der Waals surface area (Å²) in [6.07, 6.45) is 0.761. The van der Waals surface area contributed by atoms with Crippen LogP contribution in [0.15, 0.2) is 59.1 Å². The summed E-state index contributed by atoms with van der Waals surface area (Å²) in [5, 5.41) is 26.7. The molecule has 33 heavy (non-hydrogen) atoms. The summed E-state index contributed by atoms with van der Waals surface area (Å²) in [5.74, 6) is -3.39. The van der Waals surface area contributed by atoms with Crippen LogP contribution in [0, 0.1) is 5.41 Å². The van der Waals surface area contributed by atoms with Crippen molar-refractivity contribution in [1.82, 2.24) is 4.68 Å². The number of nitrogens with zero attached hydrogens (tertiary/aromatic N) is 1. The lowest BCUT2D eigenvalue weighted by atomic mass is 9.80. The second-order valence-electron chi connectivity index (χ2n) is 7.27. The van der Waals surface area contributed by atoms with Gasteiger partial charge < -0.3 is 20.7 Å². The second-order valence-corrected chi connectivity index (χ2v) is 7.27. The van der Waals surface area contributed by atoms with Gasteiger partial charge in [0.15, 0.2) is 0 Å². The highest BCUT2D eigenvalue weighted by Gasteiger charge is 2.34. The lowest BCUT2D eigenvalue weighted by Crippen LogP contribution is -2.35. The summed E-state index contributed by atoms with van der Waals surface area (Å²) < 4.78 is 37.0. The molecule has 1 aromatic heterocycles. The topological polar surface area (TPSA) is 146 Å². The van der Waals surface area contributed by atoms with E-state index >= 15 is 0 Å². The van der Waals surface area contributed by atoms with Crippen molar-refractivity contribution in [1.29, 1.82) is 0 Å². The standard InChI is InChI=1S/C12H9F3N2O3.C9H10O4/c13-12(14,15)6-16-17-5-9(11(19)20)7-3-1-2-4-8(7)10(17)18;1-9(8(12)13)4-2-3-6(5-9)7(10)11/h1-5,16H,6H2,(H,19,20);2-4H,5H2,1H3,(H,10,11)(H,12,13). The predicted molar refractivity (Wildman–Crippen MR) is 111 cm³/mol. The van der Waals surface area contributed by atoms with Crippen LogP contribution in [0.1, 0.15) is 23.7 Å². The van der Waals surface area contributed by atoms with Crippen molar-refractivity contribution in [2.24, 2.45) is 5.41 Å². The minimum Gasteiger partial charge on any atom is -0.481 e. The maximum Gasteiger partial charge on any atom is 0.407 e. The van der Waals surface area contributed by atoms with E-state index in [4.69, 9.17) is 15.3 Å². The molecule has 176 valence electrons. The number of aromatic carboxylic acids is 1. The number of aliphatic carboxylic acids is 2. The maximum absolute atomic E-state index is 12.2. The van der Waals surface area contributed by atoms with Gasteiger partial charge >= 0.3 is 24.1 Å². The van der Waals surface area contributed by atoms with Gasteiger partial charge in [-0.2, -0.15) is 13.2 Å². The average Bonchev–Trinajstić information content (AvgIpc) is 2.73. The summed E-state index contributed by atoms with van der Waals surface area (Å²) in [5.41, 5.74) is -0.0885. The van der Waals surface area contributed by atoms with E-state index in [2.05, 4.69) is 0 Å². The molecule has 0 fully saturated rings. The van der Waals surface area contributed by atoms with Crippen molar-refractivity contribution >= 4 is 28.7 Å². The number of allylic oxidation sites excluding steroid dienone is 2. The fraction of sp³-hybridized carbons (Fsp3) is 0.238. The number of rotatable bonds is 5. The molecule has 0 amide bonds. The van der Waals surface area contributed by atoms with Crippen LogP contribution in [-0.2, 0) is 9.59 Å². The van der Waals surface area contributed by atoms with Crippen LogP contribution in [0.2, 0.25) is 0 Å². The van der Waals surface area contributed by atoms with Crippen molar-refractivity contribution in [2.75, 3.05) is 12.0 Å². The molecule has 12 heteroatoms. The van der Waals surface area contributed by atoms with Crippen molar-refractivity contribution < 1.29 is 42.9 Å². The molecule has 0 spiro atoms. The van der Waals surface area contributed by atoms with Crippen LogP contribution in [0.5, 0.6) is 0 Å². The molecule has 1 aliphatic rings. The van der Waals surface area contributed by atoms with Gasteiger partial charge in [-0.1, -0.05) is 36.4 Å². The summed E-state index contributed by atoms with van der Waals surface area (Å²) in [7, 11) is 0. The van der Waals surface area contributed by atoms with E-state index in [0.717, 1.165) is 6.20 Å². The lowest BCUT2D eigenvalue weighted by Gasteiger charge is -2.23. The molecule has 0 saturated carbocycles. The number of hydrogen-bond donors (Lipinski definition) is 4. The molecule has 1 aromatic carbocycles. The highest BCUT2D eigenvalue weighted by atomic mass is 19.4. The molecule has 0 aliphatic heterocycles. The number of benzene rings is 1. The summed E-state index contributed by atoms with van der Waals surface area (Å²) in [4.78, 5) is 44.4. The van der Waals surface area contributed by atoms with Gasteiger partial charge in [0.05, 0.1) is 11.0 Å². The van der Waals surface area contributed by atoms with E-state index in [-0.39, 0.29) is 28.3 Å². The van der Waals surface area contributed by atoms with Crippen LogP contribution in [0.25, 0.3) is 10.8 Å². The monoisotopic (exact) mass is 468 g/mol. The van der Waals surface area contributed by atoms with E-state index in [9.17, 15) is 32.3 Å². The number of pyridine rings is 1. The van der Waals surface area contributed by atoms with E-state index in [0.29, 0.717) is 4.68 Å². The number of halogens is 3. The van der Waals surface area contributed by atoms with E-state index in [1.807, 2.05) is 5.43 Å². The highest BCUT2D eigenvalue weighted by Crippen LogP contribution is 2.31. The van der Waals surface area contributed by atoms with Gasteiger partial charge in [0, 0.05) is 22.5 Å². The zero-order chi connectivity index (χ0) is 25.0. The summed E-state index contributed by atoms with van der Waals surface area (Å²) in [6, 6.07) is 5.83. The largest absolute Gasteiger partial charge is 0.481 e. The first-order valence-electron chi connectivity index (χ1n) is 9.28. The molecule has 1 heterocycles. The number of carbonyl (C=O) groups is 3. The third-order valence-electron chi connectivity index (χ3n) is 4.69. The average molecular weight is 468 g/mol. The highest BCUT2D eigenvalue weighted by molar-refractivity contribution is 6.03. The number of aromatic nitrogens is 1. The molecule has 0 saturated heterocycles. The first-order chi connectivity index (χ1) is 15.2. The Morgan fingerprint density at radius 2 is 1.70 bits per heavy atom. The van der Waals surface area contributed by atoms with E-state index < -0.39 is 41.6 Å². The van der Waals surface area contributed by atoms with Gasteiger partial charge in [0.2, 0.25) is 0 Å². The molecule has 0 radical (unpaired) electrons. The number of alkyl halides is 3. The minimum absolute atomic E-state index is 0.0297. The molecule has 2 aromatic rings. The normalized spacial score (nSPS) is 17.5. The molecular weight excluding hydrogens is 449 g/mol. The van der Waals surface area contributed by atoms with Crippen LogP contribution in [0.3, 0.4) is 0 Å². The lowest BCUT2D eigenvalue weighted by molar-refractivity contribution is -0.145. The Labute approximate surface area is 184 Å². The van der Waals surface area contributed by atoms with Crippen molar-refractivity contribution in [3.05, 3.63) is 70.2 Å². The number of nitrogens with one attached hydrogen (secondary N) is 1. The molecule has 4 N–H and O–H groups in total. The quantitative estimate of drug-likeness (QED) is 0.524. The Bertz CT molecular complexity index is 1210. The van der Waals surface area contributed by atoms with Gasteiger partial charge in [-0.25, -0.2) is 14.3 Å². The minimum atomic E-state index is -4.52. The molecular formula is C21H19F3N2O7.